The van der Waals surface area contributed by atoms with Crippen LogP contribution in [-0.4, -0.2) is 15.5 Å². The maximum atomic E-state index is 14.9. The zero-order chi connectivity index (χ0) is 24.7. The first-order chi connectivity index (χ1) is 16.8. The fraction of sp³-hybridized carbons (Fsp3) is 0.222. The van der Waals surface area contributed by atoms with Crippen molar-refractivity contribution in [2.75, 3.05) is 0 Å². The van der Waals surface area contributed by atoms with Crippen LogP contribution >= 0.6 is 0 Å². The van der Waals surface area contributed by atoms with Gasteiger partial charge < -0.3 is 5.32 Å². The van der Waals surface area contributed by atoms with Gasteiger partial charge in [-0.15, -0.1) is 0 Å². The lowest BCUT2D eigenvalue weighted by molar-refractivity contribution is 0.0901. The smallest absolute Gasteiger partial charge is 0.266 e. The van der Waals surface area contributed by atoms with E-state index in [1.165, 1.54) is 29.1 Å². The molecule has 1 atom stereocenters. The highest BCUT2D eigenvalue weighted by Gasteiger charge is 2.32. The average Bonchev–Trinajstić information content (AvgIpc) is 2.77. The highest BCUT2D eigenvalue weighted by Crippen LogP contribution is 2.38. The molecule has 0 spiro atoms. The molecule has 8 heteroatoms. The average molecular weight is 477 g/mol. The van der Waals surface area contributed by atoms with E-state index in [4.69, 9.17) is 0 Å². The first-order valence-electron chi connectivity index (χ1n) is 11.4. The first kappa shape index (κ1) is 22.8. The number of benzene rings is 2. The number of hydrogen-bond acceptors (Lipinski definition) is 3. The summed E-state index contributed by atoms with van der Waals surface area (Å²) in [5.74, 6) is -2.88. The van der Waals surface area contributed by atoms with Gasteiger partial charge in [-0.3, -0.25) is 19.1 Å². The quantitative estimate of drug-likeness (QED) is 0.420. The lowest BCUT2D eigenvalue weighted by Gasteiger charge is -2.35. The third-order valence-corrected chi connectivity index (χ3v) is 6.69. The van der Waals surface area contributed by atoms with E-state index in [-0.39, 0.29) is 22.6 Å². The summed E-state index contributed by atoms with van der Waals surface area (Å²) in [5.41, 5.74) is 0.422. The van der Waals surface area contributed by atoms with Crippen LogP contribution in [0.2, 0.25) is 0 Å². The van der Waals surface area contributed by atoms with E-state index in [2.05, 4.69) is 10.3 Å². The van der Waals surface area contributed by atoms with Crippen LogP contribution in [0.4, 0.5) is 13.2 Å². The molecule has 0 saturated heterocycles. The number of pyridine rings is 2. The topological polar surface area (TPSA) is 64.0 Å². The van der Waals surface area contributed by atoms with Gasteiger partial charge in [0.1, 0.15) is 17.5 Å². The molecule has 1 amide bonds. The lowest BCUT2D eigenvalue weighted by Crippen LogP contribution is -2.37. The Bertz CT molecular complexity index is 1500. The number of amides is 1. The molecule has 2 heterocycles. The molecule has 5 nitrogen and oxygen atoms in total. The molecule has 1 fully saturated rings. The minimum absolute atomic E-state index is 0.0254. The number of aromatic nitrogens is 2. The molecular weight excluding hydrogens is 455 g/mol. The van der Waals surface area contributed by atoms with Gasteiger partial charge in [-0.1, -0.05) is 18.6 Å². The van der Waals surface area contributed by atoms with Crippen LogP contribution in [0, 0.1) is 30.3 Å². The highest BCUT2D eigenvalue weighted by molar-refractivity contribution is 6.08. The van der Waals surface area contributed by atoms with Gasteiger partial charge >= 0.3 is 0 Å². The molecule has 1 N–H and O–H groups in total. The molecule has 5 rings (SSSR count). The molecule has 0 aliphatic heterocycles. The Balaban J connectivity index is 1.70. The Kier molecular flexibility index (Phi) is 5.88. The number of rotatable bonds is 5. The largest absolute Gasteiger partial charge is 0.345 e. The van der Waals surface area contributed by atoms with Crippen LogP contribution in [0.5, 0.6) is 0 Å². The fourth-order valence-electron chi connectivity index (χ4n) is 4.80. The van der Waals surface area contributed by atoms with E-state index >= 15 is 0 Å². The molecule has 178 valence electrons. The van der Waals surface area contributed by atoms with Crippen LogP contribution < -0.4 is 10.9 Å². The molecule has 4 aromatic rings. The summed E-state index contributed by atoms with van der Waals surface area (Å²) in [6, 6.07) is 10.4. The molecular formula is C27H22F3N3O2. The van der Waals surface area contributed by atoms with Gasteiger partial charge in [-0.25, -0.2) is 13.2 Å². The SMILES string of the molecule is Cc1c(C(=O)N[C@H](c2cccc(F)c2)C2CCC2)c2cc(F)cc(F)c2c(=O)n1-c1cccnc1. The van der Waals surface area contributed by atoms with Crippen molar-refractivity contribution in [2.24, 2.45) is 5.92 Å². The van der Waals surface area contributed by atoms with E-state index in [0.717, 1.165) is 25.3 Å². The Morgan fingerprint density at radius 2 is 1.89 bits per heavy atom. The summed E-state index contributed by atoms with van der Waals surface area (Å²) in [6.07, 6.45) is 5.67. The van der Waals surface area contributed by atoms with Crippen molar-refractivity contribution >= 4 is 16.7 Å². The third kappa shape index (κ3) is 4.09. The second-order valence-corrected chi connectivity index (χ2v) is 8.82. The Morgan fingerprint density at radius 3 is 2.54 bits per heavy atom. The minimum atomic E-state index is -1.06. The number of nitrogens with one attached hydrogen (secondary N) is 1. The number of hydrogen-bond donors (Lipinski definition) is 1. The van der Waals surface area contributed by atoms with E-state index in [9.17, 15) is 22.8 Å². The van der Waals surface area contributed by atoms with Crippen LogP contribution in [0.25, 0.3) is 16.5 Å². The van der Waals surface area contributed by atoms with Crippen molar-refractivity contribution in [2.45, 2.75) is 32.2 Å². The van der Waals surface area contributed by atoms with E-state index < -0.39 is 40.3 Å². The maximum absolute atomic E-state index is 14.9. The molecule has 1 aliphatic rings. The number of nitrogens with zero attached hydrogens (tertiary/aromatic N) is 2. The number of carbonyl (C=O) groups is 1. The monoisotopic (exact) mass is 477 g/mol. The van der Waals surface area contributed by atoms with Crippen LogP contribution in [0.15, 0.2) is 65.7 Å². The van der Waals surface area contributed by atoms with E-state index in [1.807, 2.05) is 0 Å². The van der Waals surface area contributed by atoms with Crippen molar-refractivity contribution in [3.05, 3.63) is 106 Å². The Morgan fingerprint density at radius 1 is 1.09 bits per heavy atom. The summed E-state index contributed by atoms with van der Waals surface area (Å²) >= 11 is 0. The van der Waals surface area contributed by atoms with Gasteiger partial charge in [0.2, 0.25) is 0 Å². The molecule has 1 aliphatic carbocycles. The van der Waals surface area contributed by atoms with Crippen molar-refractivity contribution in [1.82, 2.24) is 14.9 Å². The van der Waals surface area contributed by atoms with Gasteiger partial charge in [0.25, 0.3) is 11.5 Å². The highest BCUT2D eigenvalue weighted by atomic mass is 19.1. The molecule has 2 aromatic heterocycles. The van der Waals surface area contributed by atoms with Gasteiger partial charge in [0.15, 0.2) is 0 Å². The predicted octanol–water partition coefficient (Wildman–Crippen LogP) is 5.38. The summed E-state index contributed by atoms with van der Waals surface area (Å²) in [6.45, 7) is 1.55. The van der Waals surface area contributed by atoms with E-state index in [1.54, 1.807) is 31.2 Å². The Labute approximate surface area is 199 Å². The second kappa shape index (κ2) is 9.02. The number of fused-ring (bicyclic) bond motifs is 1. The van der Waals surface area contributed by atoms with Crippen LogP contribution in [0.3, 0.4) is 0 Å². The third-order valence-electron chi connectivity index (χ3n) is 6.69. The molecule has 0 bridgehead atoms. The second-order valence-electron chi connectivity index (χ2n) is 8.82. The lowest BCUT2D eigenvalue weighted by atomic mass is 9.77. The van der Waals surface area contributed by atoms with Gasteiger partial charge in [0.05, 0.1) is 28.9 Å². The zero-order valence-corrected chi connectivity index (χ0v) is 18.9. The fourth-order valence-corrected chi connectivity index (χ4v) is 4.80. The molecule has 2 aromatic carbocycles. The van der Waals surface area contributed by atoms with Crippen LogP contribution in [-0.2, 0) is 0 Å². The molecule has 35 heavy (non-hydrogen) atoms. The van der Waals surface area contributed by atoms with E-state index in [0.29, 0.717) is 17.3 Å². The van der Waals surface area contributed by atoms with Crippen LogP contribution in [0.1, 0.15) is 46.9 Å². The first-order valence-corrected chi connectivity index (χ1v) is 11.4. The van der Waals surface area contributed by atoms with Crippen molar-refractivity contribution in [3.8, 4) is 5.69 Å². The normalized spacial score (nSPS) is 14.5. The Hall–Kier alpha value is -3.94. The molecule has 0 unspecified atom stereocenters. The molecule has 0 radical (unpaired) electrons. The summed E-state index contributed by atoms with van der Waals surface area (Å²) < 4.78 is 44.3. The summed E-state index contributed by atoms with van der Waals surface area (Å²) in [4.78, 5) is 31.1. The molecule has 1 saturated carbocycles. The summed E-state index contributed by atoms with van der Waals surface area (Å²) in [5, 5.41) is 2.46. The standard InChI is InChI=1S/C27H22F3N3O2/c1-15-23(26(34)32-25(16-5-2-6-16)17-7-3-8-18(28)11-17)21-12-19(29)13-22(30)24(21)27(35)33(15)20-9-4-10-31-14-20/h3-4,7-14,16,25H,2,5-6H2,1H3,(H,32,34)/t25-/m0/s1. The van der Waals surface area contributed by atoms with Gasteiger partial charge in [-0.2, -0.15) is 0 Å². The van der Waals surface area contributed by atoms with Gasteiger partial charge in [0, 0.05) is 23.3 Å². The predicted molar refractivity (Wildman–Crippen MR) is 126 cm³/mol. The van der Waals surface area contributed by atoms with Crippen molar-refractivity contribution < 1.29 is 18.0 Å². The zero-order valence-electron chi connectivity index (χ0n) is 18.9. The number of carbonyl (C=O) groups excluding carboxylic acids is 1. The number of halogens is 3. The maximum Gasteiger partial charge on any atom is 0.266 e. The van der Waals surface area contributed by atoms with Crippen molar-refractivity contribution in [1.29, 1.82) is 0 Å². The summed E-state index contributed by atoms with van der Waals surface area (Å²) in [7, 11) is 0. The van der Waals surface area contributed by atoms with Crippen molar-refractivity contribution in [3.63, 3.8) is 0 Å². The van der Waals surface area contributed by atoms with Gasteiger partial charge in [-0.05, 0) is 61.6 Å². The minimum Gasteiger partial charge on any atom is -0.345 e.